The van der Waals surface area contributed by atoms with E-state index in [-0.39, 0.29) is 24.3 Å². The van der Waals surface area contributed by atoms with E-state index in [1.165, 1.54) is 24.8 Å². The van der Waals surface area contributed by atoms with Crippen molar-refractivity contribution in [2.75, 3.05) is 18.0 Å². The lowest BCUT2D eigenvalue weighted by Gasteiger charge is -2.23. The van der Waals surface area contributed by atoms with E-state index < -0.39 is 82.5 Å². The Labute approximate surface area is 217 Å². The number of hydrogen-bond acceptors (Lipinski definition) is 6. The van der Waals surface area contributed by atoms with E-state index in [1.807, 2.05) is 0 Å². The van der Waals surface area contributed by atoms with Gasteiger partial charge in [0.25, 0.3) is 5.91 Å². The molecule has 0 radical (unpaired) electrons. The summed E-state index contributed by atoms with van der Waals surface area (Å²) in [6.45, 7) is 2.90. The Balaban J connectivity index is 1.92. The van der Waals surface area contributed by atoms with Crippen LogP contribution < -0.4 is 15.6 Å². The molecule has 0 aliphatic carbocycles. The number of nitrogens with zero attached hydrogens (tertiary/aromatic N) is 3. The summed E-state index contributed by atoms with van der Waals surface area (Å²) in [6.07, 6.45) is -6.92. The maximum absolute atomic E-state index is 14.8. The van der Waals surface area contributed by atoms with E-state index >= 15 is 0 Å². The molecule has 1 aliphatic heterocycles. The number of nitrogens with one attached hydrogen (secondary N) is 1. The number of alkyl halides is 3. The molecule has 3 N–H and O–H groups in total. The molecule has 14 heteroatoms. The molecule has 39 heavy (non-hydrogen) atoms. The fourth-order valence-corrected chi connectivity index (χ4v) is 4.40. The van der Waals surface area contributed by atoms with Gasteiger partial charge in [-0.2, -0.15) is 13.2 Å². The van der Waals surface area contributed by atoms with E-state index in [0.29, 0.717) is 22.9 Å². The normalized spacial score (nSPS) is 18.7. The quantitative estimate of drug-likeness (QED) is 0.402. The first-order valence-corrected chi connectivity index (χ1v) is 11.9. The lowest BCUT2D eigenvalue weighted by atomic mass is 10.0. The molecule has 3 atom stereocenters. The highest BCUT2D eigenvalue weighted by atomic mass is 19.4. The molecular weight excluding hydrogens is 534 g/mol. The molecule has 3 heterocycles. The number of fused-ring (bicyclic) bond motifs is 1. The third-order valence-corrected chi connectivity index (χ3v) is 6.29. The number of pyridine rings is 2. The maximum Gasteiger partial charge on any atom is 0.408 e. The van der Waals surface area contributed by atoms with Crippen LogP contribution in [0.3, 0.4) is 0 Å². The van der Waals surface area contributed by atoms with Gasteiger partial charge in [0, 0.05) is 31.4 Å². The maximum atomic E-state index is 14.8. The van der Waals surface area contributed by atoms with Gasteiger partial charge < -0.3 is 20.4 Å². The Hall–Kier alpha value is -3.65. The molecule has 1 fully saturated rings. The Morgan fingerprint density at radius 3 is 2.23 bits per heavy atom. The van der Waals surface area contributed by atoms with E-state index in [2.05, 4.69) is 4.98 Å². The van der Waals surface area contributed by atoms with Crippen molar-refractivity contribution in [2.45, 2.75) is 44.7 Å². The second-order valence-corrected chi connectivity index (χ2v) is 9.74. The zero-order valence-electron chi connectivity index (χ0n) is 20.6. The average molecular weight is 558 g/mol. The first kappa shape index (κ1) is 28.4. The third kappa shape index (κ3) is 5.71. The summed E-state index contributed by atoms with van der Waals surface area (Å²) in [4.78, 5) is 31.8. The zero-order chi connectivity index (χ0) is 28.8. The van der Waals surface area contributed by atoms with Crippen molar-refractivity contribution < 1.29 is 41.4 Å². The van der Waals surface area contributed by atoms with Crippen molar-refractivity contribution in [1.82, 2.24) is 14.9 Å². The van der Waals surface area contributed by atoms with Gasteiger partial charge in [0.2, 0.25) is 5.43 Å². The molecule has 3 aromatic rings. The first-order chi connectivity index (χ1) is 18.2. The minimum atomic E-state index is -4.84. The smallest absolute Gasteiger partial charge is 0.389 e. The van der Waals surface area contributed by atoms with Crippen LogP contribution in [0, 0.1) is 23.4 Å². The van der Waals surface area contributed by atoms with Crippen LogP contribution >= 0.6 is 0 Å². The largest absolute Gasteiger partial charge is 0.408 e. The number of anilines is 1. The molecule has 1 amide bonds. The lowest BCUT2D eigenvalue weighted by Crippen LogP contribution is -2.47. The Bertz CT molecular complexity index is 1440. The number of β-amino-alcohol motifs (C(OH)–C–C–N with tert-alkyl or cyclic N) is 2. The van der Waals surface area contributed by atoms with Gasteiger partial charge in [-0.25, -0.2) is 18.2 Å². The highest BCUT2D eigenvalue weighted by molar-refractivity contribution is 5.97. The molecule has 210 valence electrons. The van der Waals surface area contributed by atoms with E-state index in [1.54, 1.807) is 5.32 Å². The molecule has 8 nitrogen and oxygen atoms in total. The number of aliphatic hydroxyl groups excluding tert-OH is 2. The summed E-state index contributed by atoms with van der Waals surface area (Å²) in [5.74, 6) is -5.95. The van der Waals surface area contributed by atoms with Crippen LogP contribution in [0.15, 0.2) is 35.3 Å². The van der Waals surface area contributed by atoms with Crippen molar-refractivity contribution in [3.63, 3.8) is 0 Å². The number of carbonyl (C=O) groups is 1. The van der Waals surface area contributed by atoms with Crippen molar-refractivity contribution in [1.29, 1.82) is 0 Å². The number of benzene rings is 1. The fraction of sp³-hybridized carbons (Fsp3) is 0.400. The fourth-order valence-electron chi connectivity index (χ4n) is 4.40. The minimum Gasteiger partial charge on any atom is -0.389 e. The molecule has 0 bridgehead atoms. The Morgan fingerprint density at radius 1 is 1.10 bits per heavy atom. The van der Waals surface area contributed by atoms with Crippen LogP contribution in [0.2, 0.25) is 0 Å². The van der Waals surface area contributed by atoms with Gasteiger partial charge in [-0.15, -0.1) is 0 Å². The number of aliphatic hydroxyl groups is 2. The van der Waals surface area contributed by atoms with Crippen molar-refractivity contribution in [2.24, 2.45) is 5.92 Å². The van der Waals surface area contributed by atoms with Gasteiger partial charge in [0.15, 0.2) is 17.3 Å². The minimum absolute atomic E-state index is 0.0572. The standard InChI is InChI=1S/C25H24F6N4O4/c1-11(2)5-19(25(29,30)31)32-24(39)14-8-35(21-15(27)6-12(26)7-16(21)28)23-13(22(14)38)3-4-20(33-23)34-9-17(36)18(37)10-34/h3-4,6-8,11,17-19,36-37H,5,9-10H2,1-2H3,(H,32,39). The number of hydrogen-bond donors (Lipinski definition) is 3. The van der Waals surface area contributed by atoms with Crippen molar-refractivity contribution in [3.8, 4) is 5.69 Å². The average Bonchev–Trinajstić information content (AvgIpc) is 3.16. The second kappa shape index (κ2) is 10.5. The zero-order valence-corrected chi connectivity index (χ0v) is 20.6. The Kier molecular flexibility index (Phi) is 7.63. The predicted octanol–water partition coefficient (Wildman–Crippen LogP) is 3.05. The van der Waals surface area contributed by atoms with Crippen molar-refractivity contribution in [3.05, 3.63) is 63.7 Å². The van der Waals surface area contributed by atoms with E-state index in [0.717, 1.165) is 6.07 Å². The van der Waals surface area contributed by atoms with Gasteiger partial charge in [-0.05, 0) is 24.5 Å². The molecular formula is C25H24F6N4O4. The lowest BCUT2D eigenvalue weighted by molar-refractivity contribution is -0.156. The molecule has 0 saturated carbocycles. The summed E-state index contributed by atoms with van der Waals surface area (Å²) in [5.41, 5.74) is -3.25. The molecule has 2 aromatic heterocycles. The van der Waals surface area contributed by atoms with Gasteiger partial charge >= 0.3 is 6.18 Å². The molecule has 0 spiro atoms. The number of amides is 1. The predicted molar refractivity (Wildman–Crippen MR) is 128 cm³/mol. The van der Waals surface area contributed by atoms with Crippen LogP contribution in [0.5, 0.6) is 0 Å². The number of carbonyl (C=O) groups excluding carboxylic acids is 1. The van der Waals surface area contributed by atoms with Gasteiger partial charge in [0.05, 0.1) is 17.6 Å². The van der Waals surface area contributed by atoms with Crippen LogP contribution in [0.25, 0.3) is 16.7 Å². The molecule has 3 unspecified atom stereocenters. The van der Waals surface area contributed by atoms with E-state index in [9.17, 15) is 46.1 Å². The molecule has 1 saturated heterocycles. The summed E-state index contributed by atoms with van der Waals surface area (Å²) in [7, 11) is 0. The topological polar surface area (TPSA) is 108 Å². The second-order valence-electron chi connectivity index (χ2n) is 9.74. The number of rotatable bonds is 6. The highest BCUT2D eigenvalue weighted by Gasteiger charge is 2.41. The van der Waals surface area contributed by atoms with Gasteiger partial charge in [0.1, 0.15) is 28.9 Å². The number of halogens is 6. The molecule has 1 aliphatic rings. The van der Waals surface area contributed by atoms with Crippen molar-refractivity contribution >= 4 is 22.8 Å². The van der Waals surface area contributed by atoms with E-state index in [4.69, 9.17) is 0 Å². The Morgan fingerprint density at radius 2 is 1.69 bits per heavy atom. The molecule has 1 aromatic carbocycles. The molecule has 4 rings (SSSR count). The van der Waals surface area contributed by atoms with Crippen LogP contribution in [-0.4, -0.2) is 63.2 Å². The summed E-state index contributed by atoms with van der Waals surface area (Å²) >= 11 is 0. The van der Waals surface area contributed by atoms with Crippen LogP contribution in [-0.2, 0) is 0 Å². The van der Waals surface area contributed by atoms with Gasteiger partial charge in [-0.1, -0.05) is 13.8 Å². The summed E-state index contributed by atoms with van der Waals surface area (Å²) < 4.78 is 84.6. The third-order valence-electron chi connectivity index (χ3n) is 6.29. The highest BCUT2D eigenvalue weighted by Crippen LogP contribution is 2.28. The monoisotopic (exact) mass is 558 g/mol. The van der Waals surface area contributed by atoms with Crippen LogP contribution in [0.4, 0.5) is 32.2 Å². The van der Waals surface area contributed by atoms with Gasteiger partial charge in [-0.3, -0.25) is 14.2 Å². The summed E-state index contributed by atoms with van der Waals surface area (Å²) in [5, 5.41) is 21.1. The first-order valence-electron chi connectivity index (χ1n) is 11.9. The number of aromatic nitrogens is 2. The summed E-state index contributed by atoms with van der Waals surface area (Å²) in [6, 6.07) is 0.832. The van der Waals surface area contributed by atoms with Crippen LogP contribution in [0.1, 0.15) is 30.6 Å². The SMILES string of the molecule is CC(C)CC(NC(=O)c1cn(-c2c(F)cc(F)cc2F)c2nc(N3CC(O)C(O)C3)ccc2c1=O)C(F)(F)F.